The number of rotatable bonds is 3. The second-order valence-corrected chi connectivity index (χ2v) is 5.56. The number of methoxy groups -OCH3 is 1. The molecule has 1 aliphatic rings. The van der Waals surface area contributed by atoms with Crippen LogP contribution in [-0.2, 0) is 9.53 Å². The highest BCUT2D eigenvalue weighted by Crippen LogP contribution is 2.26. The summed E-state index contributed by atoms with van der Waals surface area (Å²) in [5, 5.41) is 0.854. The van der Waals surface area contributed by atoms with E-state index in [9.17, 15) is 4.79 Å². The molecule has 0 atom stereocenters. The largest absolute Gasteiger partial charge is 0.497 e. The molecule has 2 aromatic carbocycles. The van der Waals surface area contributed by atoms with Crippen molar-refractivity contribution in [2.45, 2.75) is 0 Å². The van der Waals surface area contributed by atoms with Crippen LogP contribution in [0.3, 0.4) is 0 Å². The monoisotopic (exact) mass is 347 g/mol. The summed E-state index contributed by atoms with van der Waals surface area (Å²) >= 11 is 11.8. The highest BCUT2D eigenvalue weighted by atomic mass is 35.5. The van der Waals surface area contributed by atoms with Gasteiger partial charge < -0.3 is 9.47 Å². The summed E-state index contributed by atoms with van der Waals surface area (Å²) in [7, 11) is 1.57. The number of hydrogen-bond acceptors (Lipinski definition) is 4. The molecule has 2 aromatic rings. The van der Waals surface area contributed by atoms with Gasteiger partial charge in [0.05, 0.1) is 17.2 Å². The average Bonchev–Trinajstić information content (AvgIpc) is 2.92. The van der Waals surface area contributed by atoms with Crippen molar-refractivity contribution in [2.24, 2.45) is 4.99 Å². The van der Waals surface area contributed by atoms with Crippen LogP contribution >= 0.6 is 23.2 Å². The number of hydrogen-bond donors (Lipinski definition) is 0. The van der Waals surface area contributed by atoms with Crippen LogP contribution in [0, 0.1) is 0 Å². The third-order valence-electron chi connectivity index (χ3n) is 3.18. The predicted octanol–water partition coefficient (Wildman–Crippen LogP) is 4.35. The van der Waals surface area contributed by atoms with Gasteiger partial charge in [-0.3, -0.25) is 0 Å². The predicted molar refractivity (Wildman–Crippen MR) is 90.1 cm³/mol. The molecule has 0 aromatic heterocycles. The van der Waals surface area contributed by atoms with Gasteiger partial charge in [-0.2, -0.15) is 0 Å². The van der Waals surface area contributed by atoms with E-state index < -0.39 is 5.97 Å². The van der Waals surface area contributed by atoms with Crippen molar-refractivity contribution < 1.29 is 14.3 Å². The van der Waals surface area contributed by atoms with Crippen molar-refractivity contribution in [3.05, 3.63) is 69.3 Å². The first-order valence-corrected chi connectivity index (χ1v) is 7.44. The number of benzene rings is 2. The first kappa shape index (κ1) is 15.6. The topological polar surface area (TPSA) is 47.9 Å². The molecule has 1 heterocycles. The highest BCUT2D eigenvalue weighted by molar-refractivity contribution is 6.42. The highest BCUT2D eigenvalue weighted by Gasteiger charge is 2.24. The van der Waals surface area contributed by atoms with Crippen molar-refractivity contribution in [2.75, 3.05) is 7.11 Å². The fourth-order valence-corrected chi connectivity index (χ4v) is 2.36. The Kier molecular flexibility index (Phi) is 4.37. The lowest BCUT2D eigenvalue weighted by atomic mass is 10.2. The molecule has 0 saturated heterocycles. The number of halogens is 2. The Hall–Kier alpha value is -2.30. The summed E-state index contributed by atoms with van der Waals surface area (Å²) < 4.78 is 10.4. The smallest absolute Gasteiger partial charge is 0.363 e. The van der Waals surface area contributed by atoms with Gasteiger partial charge in [-0.1, -0.05) is 35.3 Å². The Morgan fingerprint density at radius 2 is 1.96 bits per heavy atom. The van der Waals surface area contributed by atoms with Crippen LogP contribution in [0.1, 0.15) is 11.1 Å². The van der Waals surface area contributed by atoms with E-state index in [0.717, 1.165) is 0 Å². The molecule has 0 spiro atoms. The summed E-state index contributed by atoms with van der Waals surface area (Å²) in [5.74, 6) is 0.372. The number of nitrogens with zero attached hydrogens (tertiary/aromatic N) is 1. The Labute approximate surface area is 143 Å². The number of carbonyl (C=O) groups is 1. The Morgan fingerprint density at radius 1 is 1.13 bits per heavy atom. The third kappa shape index (κ3) is 3.38. The van der Waals surface area contributed by atoms with Crippen LogP contribution in [0.25, 0.3) is 6.08 Å². The third-order valence-corrected chi connectivity index (χ3v) is 3.92. The lowest BCUT2D eigenvalue weighted by molar-refractivity contribution is -0.129. The molecule has 23 heavy (non-hydrogen) atoms. The lowest BCUT2D eigenvalue weighted by Crippen LogP contribution is -2.05. The zero-order valence-corrected chi connectivity index (χ0v) is 13.6. The quantitative estimate of drug-likeness (QED) is 0.612. The first-order valence-electron chi connectivity index (χ1n) is 6.69. The summed E-state index contributed by atoms with van der Waals surface area (Å²) in [4.78, 5) is 16.2. The Balaban J connectivity index is 1.94. The maximum Gasteiger partial charge on any atom is 0.363 e. The molecule has 1 aliphatic heterocycles. The van der Waals surface area contributed by atoms with Crippen molar-refractivity contribution in [1.82, 2.24) is 0 Å². The van der Waals surface area contributed by atoms with Crippen molar-refractivity contribution in [3.63, 3.8) is 0 Å². The summed E-state index contributed by atoms with van der Waals surface area (Å²) in [6.45, 7) is 0. The zero-order chi connectivity index (χ0) is 16.4. The van der Waals surface area contributed by atoms with Gasteiger partial charge in [-0.25, -0.2) is 9.79 Å². The summed E-state index contributed by atoms with van der Waals surface area (Å²) in [6.07, 6.45) is 1.59. The van der Waals surface area contributed by atoms with E-state index in [1.54, 1.807) is 55.7 Å². The van der Waals surface area contributed by atoms with Crippen molar-refractivity contribution in [3.8, 4) is 5.75 Å². The van der Waals surface area contributed by atoms with Crippen LogP contribution < -0.4 is 4.74 Å². The van der Waals surface area contributed by atoms with Gasteiger partial charge in [0.25, 0.3) is 0 Å². The maximum absolute atomic E-state index is 12.0. The molecule has 0 aliphatic carbocycles. The molecular formula is C17H11Cl2NO3. The SMILES string of the molecule is COc1cccc(C2=NC(=Cc3ccc(Cl)c(Cl)c3)C(=O)O2)c1. The van der Waals surface area contributed by atoms with Crippen molar-refractivity contribution in [1.29, 1.82) is 0 Å². The second-order valence-electron chi connectivity index (χ2n) is 4.74. The Morgan fingerprint density at radius 3 is 2.70 bits per heavy atom. The van der Waals surface area contributed by atoms with Crippen molar-refractivity contribution >= 4 is 41.1 Å². The molecule has 4 nitrogen and oxygen atoms in total. The minimum Gasteiger partial charge on any atom is -0.497 e. The standard InChI is InChI=1S/C17H11Cl2NO3/c1-22-12-4-2-3-11(9-12)16-20-15(17(21)23-16)8-10-5-6-13(18)14(19)7-10/h2-9H,1H3. The number of aliphatic imine (C=N–C) groups is 1. The molecular weight excluding hydrogens is 337 g/mol. The minimum atomic E-state index is -0.520. The number of carbonyl (C=O) groups excluding carboxylic acids is 1. The van der Waals surface area contributed by atoms with E-state index >= 15 is 0 Å². The van der Waals surface area contributed by atoms with Gasteiger partial charge in [0.1, 0.15) is 5.75 Å². The van der Waals surface area contributed by atoms with Gasteiger partial charge in [-0.15, -0.1) is 0 Å². The molecule has 0 radical (unpaired) electrons. The molecule has 3 rings (SSSR count). The van der Waals surface area contributed by atoms with Gasteiger partial charge in [0, 0.05) is 5.56 Å². The second kappa shape index (κ2) is 6.44. The van der Waals surface area contributed by atoms with E-state index in [-0.39, 0.29) is 11.6 Å². The van der Waals surface area contributed by atoms with Gasteiger partial charge in [0.15, 0.2) is 5.70 Å². The average molecular weight is 348 g/mol. The van der Waals surface area contributed by atoms with E-state index in [4.69, 9.17) is 32.7 Å². The molecule has 0 bridgehead atoms. The van der Waals surface area contributed by atoms with Crippen LogP contribution in [0.2, 0.25) is 10.0 Å². The van der Waals surface area contributed by atoms with Crippen LogP contribution in [0.15, 0.2) is 53.2 Å². The normalized spacial score (nSPS) is 15.5. The fraction of sp³-hybridized carbons (Fsp3) is 0.0588. The summed E-state index contributed by atoms with van der Waals surface area (Å²) in [5.41, 5.74) is 1.57. The molecule has 0 N–H and O–H groups in total. The van der Waals surface area contributed by atoms with Crippen LogP contribution in [-0.4, -0.2) is 19.0 Å². The first-order chi connectivity index (χ1) is 11.1. The number of esters is 1. The van der Waals surface area contributed by atoms with Crippen LogP contribution in [0.5, 0.6) is 5.75 Å². The molecule has 0 unspecified atom stereocenters. The van der Waals surface area contributed by atoms with E-state index in [1.807, 2.05) is 0 Å². The lowest BCUT2D eigenvalue weighted by Gasteiger charge is -2.02. The zero-order valence-electron chi connectivity index (χ0n) is 12.0. The summed E-state index contributed by atoms with van der Waals surface area (Å²) in [6, 6.07) is 12.2. The van der Waals surface area contributed by atoms with Gasteiger partial charge >= 0.3 is 5.97 Å². The molecule has 0 amide bonds. The van der Waals surface area contributed by atoms with Gasteiger partial charge in [0.2, 0.25) is 5.90 Å². The fourth-order valence-electron chi connectivity index (χ4n) is 2.05. The number of cyclic esters (lactones) is 1. The Bertz CT molecular complexity index is 843. The molecule has 0 saturated carbocycles. The minimum absolute atomic E-state index is 0.196. The van der Waals surface area contributed by atoms with Gasteiger partial charge in [-0.05, 0) is 42.0 Å². The van der Waals surface area contributed by atoms with E-state index in [1.165, 1.54) is 0 Å². The molecule has 116 valence electrons. The van der Waals surface area contributed by atoms with Crippen LogP contribution in [0.4, 0.5) is 0 Å². The number of ether oxygens (including phenoxy) is 2. The van der Waals surface area contributed by atoms with E-state index in [2.05, 4.69) is 4.99 Å². The molecule has 0 fully saturated rings. The molecule has 6 heteroatoms. The maximum atomic E-state index is 12.0. The van der Waals surface area contributed by atoms with E-state index in [0.29, 0.717) is 26.9 Å².